The molecule has 0 saturated carbocycles. The van der Waals surface area contributed by atoms with Crippen molar-refractivity contribution < 1.29 is 9.84 Å². The number of phenolic OH excluding ortho intramolecular Hbond substituents is 1. The van der Waals surface area contributed by atoms with E-state index >= 15 is 0 Å². The van der Waals surface area contributed by atoms with Crippen molar-refractivity contribution in [2.24, 2.45) is 10.7 Å². The Kier molecular flexibility index (Phi) is 12.0. The van der Waals surface area contributed by atoms with Gasteiger partial charge in [-0.05, 0) is 31.2 Å². The SMILES string of the molecule is CCCCC.CCOc1cc(O)ccc1N=C(N)c1ccccn1.c1c[nH]cn1. The van der Waals surface area contributed by atoms with Crippen LogP contribution < -0.4 is 10.5 Å². The third-order valence-corrected chi connectivity index (χ3v) is 3.52. The van der Waals surface area contributed by atoms with Crippen LogP contribution in [0.2, 0.25) is 0 Å². The molecule has 29 heavy (non-hydrogen) atoms. The lowest BCUT2D eigenvalue weighted by Crippen LogP contribution is -2.14. The number of pyridine rings is 1. The molecule has 3 aromatic rings. The highest BCUT2D eigenvalue weighted by Gasteiger charge is 2.06. The third kappa shape index (κ3) is 9.95. The van der Waals surface area contributed by atoms with E-state index in [-0.39, 0.29) is 5.75 Å². The van der Waals surface area contributed by atoms with Crippen molar-refractivity contribution in [3.05, 3.63) is 67.0 Å². The van der Waals surface area contributed by atoms with E-state index in [1.165, 1.54) is 31.4 Å². The van der Waals surface area contributed by atoms with Crippen LogP contribution in [0.4, 0.5) is 5.69 Å². The summed E-state index contributed by atoms with van der Waals surface area (Å²) in [5.41, 5.74) is 7.05. The van der Waals surface area contributed by atoms with Crippen molar-refractivity contribution >= 4 is 11.5 Å². The standard InChI is InChI=1S/C14H15N3O2.C5H12.C3H4N2/c1-2-19-13-9-10(18)6-7-11(13)17-14(15)12-5-3-4-8-16-12;1-3-5-4-2;1-2-5-3-4-1/h3-9,18H,2H2,1H3,(H2,15,17);3-5H2,1-2H3;1-3H,(H,4,5). The number of phenols is 1. The Balaban J connectivity index is 0.000000344. The summed E-state index contributed by atoms with van der Waals surface area (Å²) in [6.45, 7) is 6.77. The number of hydrogen-bond acceptors (Lipinski definition) is 5. The van der Waals surface area contributed by atoms with Gasteiger partial charge in [0.2, 0.25) is 0 Å². The smallest absolute Gasteiger partial charge is 0.150 e. The predicted octanol–water partition coefficient (Wildman–Crippen LogP) is 4.83. The molecule has 156 valence electrons. The lowest BCUT2D eigenvalue weighted by Gasteiger charge is -2.08. The molecular weight excluding hydrogens is 366 g/mol. The van der Waals surface area contributed by atoms with Crippen LogP contribution in [-0.4, -0.2) is 32.5 Å². The molecule has 0 aliphatic carbocycles. The fourth-order valence-corrected chi connectivity index (χ4v) is 2.14. The Morgan fingerprint density at radius 1 is 1.14 bits per heavy atom. The van der Waals surface area contributed by atoms with Crippen molar-refractivity contribution in [2.45, 2.75) is 40.0 Å². The molecule has 2 heterocycles. The summed E-state index contributed by atoms with van der Waals surface area (Å²) in [6.07, 6.45) is 10.8. The zero-order valence-electron chi connectivity index (χ0n) is 17.4. The van der Waals surface area contributed by atoms with Crippen molar-refractivity contribution in [2.75, 3.05) is 6.61 Å². The van der Waals surface area contributed by atoms with Crippen LogP contribution in [0, 0.1) is 0 Å². The molecule has 0 spiro atoms. The van der Waals surface area contributed by atoms with Gasteiger partial charge in [0.25, 0.3) is 0 Å². The molecule has 7 heteroatoms. The highest BCUT2D eigenvalue weighted by atomic mass is 16.5. The second-order valence-corrected chi connectivity index (χ2v) is 5.91. The molecule has 0 unspecified atom stereocenters. The zero-order chi connectivity index (χ0) is 21.3. The topological polar surface area (TPSA) is 109 Å². The maximum atomic E-state index is 9.44. The minimum atomic E-state index is 0.124. The van der Waals surface area contributed by atoms with Crippen molar-refractivity contribution in [3.63, 3.8) is 0 Å². The number of nitrogens with two attached hydrogens (primary N) is 1. The van der Waals surface area contributed by atoms with E-state index in [2.05, 4.69) is 33.8 Å². The van der Waals surface area contributed by atoms with Crippen molar-refractivity contribution in [1.82, 2.24) is 15.0 Å². The summed E-state index contributed by atoms with van der Waals surface area (Å²) in [7, 11) is 0. The largest absolute Gasteiger partial charge is 0.508 e. The second-order valence-electron chi connectivity index (χ2n) is 5.91. The molecule has 3 rings (SSSR count). The fourth-order valence-electron chi connectivity index (χ4n) is 2.14. The van der Waals surface area contributed by atoms with Crippen LogP contribution in [0.25, 0.3) is 0 Å². The predicted molar refractivity (Wildman–Crippen MR) is 118 cm³/mol. The fraction of sp³-hybridized carbons (Fsp3) is 0.318. The molecule has 0 bridgehead atoms. The van der Waals surface area contributed by atoms with Crippen LogP contribution in [-0.2, 0) is 0 Å². The summed E-state index contributed by atoms with van der Waals surface area (Å²) in [6, 6.07) is 10.1. The van der Waals surface area contributed by atoms with E-state index in [0.29, 0.717) is 29.6 Å². The number of aromatic amines is 1. The number of ether oxygens (including phenoxy) is 1. The van der Waals surface area contributed by atoms with Crippen LogP contribution in [0.3, 0.4) is 0 Å². The third-order valence-electron chi connectivity index (χ3n) is 3.52. The van der Waals surface area contributed by atoms with Gasteiger partial charge >= 0.3 is 0 Å². The number of amidine groups is 1. The van der Waals surface area contributed by atoms with E-state index in [1.807, 2.05) is 19.1 Å². The lowest BCUT2D eigenvalue weighted by atomic mass is 10.2. The minimum absolute atomic E-state index is 0.124. The first-order valence-corrected chi connectivity index (χ1v) is 9.76. The van der Waals surface area contributed by atoms with Gasteiger partial charge in [0.15, 0.2) is 0 Å². The summed E-state index contributed by atoms with van der Waals surface area (Å²) >= 11 is 0. The Morgan fingerprint density at radius 3 is 2.41 bits per heavy atom. The number of nitrogens with one attached hydrogen (secondary N) is 1. The van der Waals surface area contributed by atoms with Gasteiger partial charge in [-0.1, -0.05) is 39.2 Å². The van der Waals surface area contributed by atoms with Gasteiger partial charge in [-0.3, -0.25) is 4.98 Å². The molecule has 1 aromatic carbocycles. The number of aromatic nitrogens is 3. The highest BCUT2D eigenvalue weighted by molar-refractivity contribution is 5.97. The molecule has 0 saturated heterocycles. The van der Waals surface area contributed by atoms with Gasteiger partial charge in [0.05, 0.1) is 12.9 Å². The Labute approximate surface area is 172 Å². The summed E-state index contributed by atoms with van der Waals surface area (Å²) in [5.74, 6) is 0.910. The molecular formula is C22H31N5O2. The van der Waals surface area contributed by atoms with Crippen LogP contribution >= 0.6 is 0 Å². The summed E-state index contributed by atoms with van der Waals surface area (Å²) in [5, 5.41) is 9.44. The minimum Gasteiger partial charge on any atom is -0.508 e. The van der Waals surface area contributed by atoms with Gasteiger partial charge in [-0.25, -0.2) is 9.98 Å². The molecule has 0 atom stereocenters. The first-order valence-electron chi connectivity index (χ1n) is 9.76. The van der Waals surface area contributed by atoms with E-state index < -0.39 is 0 Å². The molecule has 0 amide bonds. The number of hydrogen-bond donors (Lipinski definition) is 3. The van der Waals surface area contributed by atoms with E-state index in [4.69, 9.17) is 10.5 Å². The molecule has 4 N–H and O–H groups in total. The van der Waals surface area contributed by atoms with E-state index in [1.54, 1.807) is 37.1 Å². The van der Waals surface area contributed by atoms with Gasteiger partial charge in [-0.15, -0.1) is 0 Å². The van der Waals surface area contributed by atoms with Crippen molar-refractivity contribution in [3.8, 4) is 11.5 Å². The molecule has 2 aromatic heterocycles. The Bertz CT molecular complexity index is 786. The first-order chi connectivity index (χ1) is 14.1. The average Bonchev–Trinajstić information content (AvgIpc) is 3.32. The number of rotatable bonds is 6. The maximum absolute atomic E-state index is 9.44. The van der Waals surface area contributed by atoms with Gasteiger partial charge in [-0.2, -0.15) is 0 Å². The molecule has 0 aliphatic heterocycles. The van der Waals surface area contributed by atoms with Gasteiger partial charge in [0, 0.05) is 24.7 Å². The zero-order valence-corrected chi connectivity index (χ0v) is 17.4. The summed E-state index contributed by atoms with van der Waals surface area (Å²) in [4.78, 5) is 14.8. The normalized spacial score (nSPS) is 10.2. The van der Waals surface area contributed by atoms with Crippen LogP contribution in [0.15, 0.2) is 66.3 Å². The van der Waals surface area contributed by atoms with Crippen molar-refractivity contribution in [1.29, 1.82) is 0 Å². The molecule has 0 radical (unpaired) electrons. The highest BCUT2D eigenvalue weighted by Crippen LogP contribution is 2.31. The molecule has 0 aliphatic rings. The lowest BCUT2D eigenvalue weighted by molar-refractivity contribution is 0.339. The Morgan fingerprint density at radius 2 is 1.93 bits per heavy atom. The molecule has 0 fully saturated rings. The van der Waals surface area contributed by atoms with Gasteiger partial charge in [0.1, 0.15) is 28.7 Å². The first kappa shape index (κ1) is 23.7. The number of imidazole rings is 1. The second kappa shape index (κ2) is 14.7. The van der Waals surface area contributed by atoms with E-state index in [9.17, 15) is 5.11 Å². The van der Waals surface area contributed by atoms with E-state index in [0.717, 1.165) is 0 Å². The van der Waals surface area contributed by atoms with Crippen LogP contribution in [0.1, 0.15) is 45.7 Å². The Hall–Kier alpha value is -3.35. The average molecular weight is 398 g/mol. The number of benzene rings is 1. The number of aromatic hydroxyl groups is 1. The number of aliphatic imine (C=N–C) groups is 1. The maximum Gasteiger partial charge on any atom is 0.150 e. The van der Waals surface area contributed by atoms with Gasteiger partial charge < -0.3 is 20.6 Å². The summed E-state index contributed by atoms with van der Waals surface area (Å²) < 4.78 is 5.41. The van der Waals surface area contributed by atoms with Crippen LogP contribution in [0.5, 0.6) is 11.5 Å². The molecule has 7 nitrogen and oxygen atoms in total. The quantitative estimate of drug-likeness (QED) is 0.408. The monoisotopic (exact) mass is 397 g/mol. The number of nitrogens with zero attached hydrogens (tertiary/aromatic N) is 3. The number of H-pyrrole nitrogens is 1. The number of unbranched alkanes of at least 4 members (excludes halogenated alkanes) is 2.